The second kappa shape index (κ2) is 4.81. The van der Waals surface area contributed by atoms with Crippen LogP contribution in [0.4, 0.5) is 17.6 Å². The molecule has 1 aromatic carbocycles. The highest BCUT2D eigenvalue weighted by atomic mass is 35.5. The van der Waals surface area contributed by atoms with Gasteiger partial charge < -0.3 is 9.84 Å². The molecule has 0 spiro atoms. The highest BCUT2D eigenvalue weighted by Gasteiger charge is 2.56. The van der Waals surface area contributed by atoms with Gasteiger partial charge in [-0.3, -0.25) is 0 Å². The first-order valence-electron chi connectivity index (χ1n) is 4.18. The van der Waals surface area contributed by atoms with Crippen LogP contribution in [0.2, 0.25) is 0 Å². The van der Waals surface area contributed by atoms with Gasteiger partial charge in [0.15, 0.2) is 0 Å². The molecular formula is C9H7ClF4O2S. The molecule has 0 saturated carbocycles. The van der Waals surface area contributed by atoms with Crippen LogP contribution >= 0.6 is 23.4 Å². The highest BCUT2D eigenvalue weighted by Crippen LogP contribution is 2.50. The normalized spacial score (nSPS) is 12.6. The molecule has 0 aliphatic rings. The van der Waals surface area contributed by atoms with E-state index in [9.17, 15) is 22.7 Å². The first-order chi connectivity index (χ1) is 7.67. The first kappa shape index (κ1) is 14.2. The second-order valence-electron chi connectivity index (χ2n) is 2.95. The molecule has 0 radical (unpaired) electrons. The standard InChI is InChI=1S/C9H7ClF4O2S/c1-16-5-2-3-7(6(15)4-5)17-9(13,14)8(10,11)12/h2-4,15H,1H3. The summed E-state index contributed by atoms with van der Waals surface area (Å²) >= 11 is 3.75. The SMILES string of the molecule is COc1ccc(SC(F)(F)C(F)(F)Cl)c(O)c1. The smallest absolute Gasteiger partial charge is 0.394 e. The minimum Gasteiger partial charge on any atom is -0.507 e. The predicted octanol–water partition coefficient (Wildman–Crippen LogP) is 3.92. The Kier molecular flexibility index (Phi) is 4.03. The molecule has 1 aromatic rings. The third-order valence-electron chi connectivity index (χ3n) is 1.73. The molecule has 0 fully saturated rings. The summed E-state index contributed by atoms with van der Waals surface area (Å²) in [7, 11) is 1.31. The van der Waals surface area contributed by atoms with Crippen molar-refractivity contribution in [3.63, 3.8) is 0 Å². The maximum absolute atomic E-state index is 12.9. The maximum Gasteiger partial charge on any atom is 0.394 e. The Labute approximate surface area is 104 Å². The van der Waals surface area contributed by atoms with Crippen molar-refractivity contribution in [2.45, 2.75) is 15.5 Å². The van der Waals surface area contributed by atoms with Crippen LogP contribution in [0.1, 0.15) is 0 Å². The fourth-order valence-corrected chi connectivity index (χ4v) is 1.71. The number of halogens is 5. The van der Waals surface area contributed by atoms with E-state index in [2.05, 4.69) is 11.6 Å². The molecule has 0 aliphatic heterocycles. The number of phenolic OH excluding ortho intramolecular Hbond substituents is 1. The van der Waals surface area contributed by atoms with Crippen molar-refractivity contribution in [2.75, 3.05) is 7.11 Å². The topological polar surface area (TPSA) is 29.5 Å². The molecular weight excluding hydrogens is 284 g/mol. The lowest BCUT2D eigenvalue weighted by Crippen LogP contribution is -2.31. The van der Waals surface area contributed by atoms with Crippen LogP contribution in [0.5, 0.6) is 11.5 Å². The molecule has 0 aromatic heterocycles. The van der Waals surface area contributed by atoms with Gasteiger partial charge in [0.1, 0.15) is 11.5 Å². The van der Waals surface area contributed by atoms with Crippen LogP contribution in [-0.2, 0) is 0 Å². The lowest BCUT2D eigenvalue weighted by Gasteiger charge is -2.20. The number of ether oxygens (including phenoxy) is 1. The molecule has 96 valence electrons. The molecule has 1 N–H and O–H groups in total. The van der Waals surface area contributed by atoms with Crippen LogP contribution in [0.25, 0.3) is 0 Å². The van der Waals surface area contributed by atoms with Crippen molar-refractivity contribution in [2.24, 2.45) is 0 Å². The fraction of sp³-hybridized carbons (Fsp3) is 0.333. The van der Waals surface area contributed by atoms with Crippen molar-refractivity contribution >= 4 is 23.4 Å². The molecule has 8 heteroatoms. The van der Waals surface area contributed by atoms with Gasteiger partial charge in [0.25, 0.3) is 0 Å². The summed E-state index contributed by atoms with van der Waals surface area (Å²) in [6.45, 7) is 0. The summed E-state index contributed by atoms with van der Waals surface area (Å²) in [6.07, 6.45) is 0. The van der Waals surface area contributed by atoms with Crippen molar-refractivity contribution in [3.8, 4) is 11.5 Å². The van der Waals surface area contributed by atoms with E-state index >= 15 is 0 Å². The van der Waals surface area contributed by atoms with E-state index in [1.807, 2.05) is 0 Å². The lowest BCUT2D eigenvalue weighted by molar-refractivity contribution is -0.0898. The van der Waals surface area contributed by atoms with Crippen molar-refractivity contribution < 1.29 is 27.4 Å². The van der Waals surface area contributed by atoms with E-state index in [0.29, 0.717) is 0 Å². The van der Waals surface area contributed by atoms with Crippen LogP contribution in [0.15, 0.2) is 23.1 Å². The number of phenols is 1. The molecule has 0 aliphatic carbocycles. The zero-order valence-corrected chi connectivity index (χ0v) is 9.96. The number of alkyl halides is 5. The summed E-state index contributed by atoms with van der Waals surface area (Å²) in [5.41, 5.74) is 0. The average molecular weight is 291 g/mol. The average Bonchev–Trinajstić information content (AvgIpc) is 2.19. The summed E-state index contributed by atoms with van der Waals surface area (Å²) in [5.74, 6) is -0.372. The number of hydrogen-bond acceptors (Lipinski definition) is 3. The third-order valence-corrected chi connectivity index (χ3v) is 3.16. The number of hydrogen-bond donors (Lipinski definition) is 1. The van der Waals surface area contributed by atoms with Gasteiger partial charge in [-0.2, -0.15) is 17.6 Å². The molecule has 0 amide bonds. The lowest BCUT2D eigenvalue weighted by atomic mass is 10.3. The molecule has 0 atom stereocenters. The Morgan fingerprint density at radius 2 is 1.88 bits per heavy atom. The Morgan fingerprint density at radius 1 is 1.29 bits per heavy atom. The van der Waals surface area contributed by atoms with Crippen LogP contribution < -0.4 is 4.74 Å². The zero-order valence-electron chi connectivity index (χ0n) is 8.39. The number of aromatic hydroxyl groups is 1. The van der Waals surface area contributed by atoms with Crippen molar-refractivity contribution in [1.82, 2.24) is 0 Å². The molecule has 0 saturated heterocycles. The van der Waals surface area contributed by atoms with Gasteiger partial charge in [-0.25, -0.2) is 0 Å². The van der Waals surface area contributed by atoms with Gasteiger partial charge in [0, 0.05) is 6.07 Å². The molecule has 0 bridgehead atoms. The monoisotopic (exact) mass is 290 g/mol. The van der Waals surface area contributed by atoms with E-state index in [1.54, 1.807) is 0 Å². The van der Waals surface area contributed by atoms with Crippen LogP contribution in [0.3, 0.4) is 0 Å². The second-order valence-corrected chi connectivity index (χ2v) is 4.58. The first-order valence-corrected chi connectivity index (χ1v) is 5.37. The van der Waals surface area contributed by atoms with E-state index in [-0.39, 0.29) is 5.75 Å². The van der Waals surface area contributed by atoms with Crippen LogP contribution in [-0.4, -0.2) is 22.9 Å². The summed E-state index contributed by atoms with van der Waals surface area (Å²) in [5, 5.41) is 0.0979. The highest BCUT2D eigenvalue weighted by molar-refractivity contribution is 8.00. The van der Waals surface area contributed by atoms with E-state index in [0.717, 1.165) is 12.1 Å². The van der Waals surface area contributed by atoms with Gasteiger partial charge in [-0.05, 0) is 35.5 Å². The van der Waals surface area contributed by atoms with Gasteiger partial charge >= 0.3 is 10.6 Å². The Balaban J connectivity index is 2.96. The van der Waals surface area contributed by atoms with E-state index in [1.165, 1.54) is 13.2 Å². The van der Waals surface area contributed by atoms with Crippen LogP contribution in [0, 0.1) is 0 Å². The fourth-order valence-electron chi connectivity index (χ4n) is 0.906. The minimum absolute atomic E-state index is 0.216. The molecule has 1 rings (SSSR count). The zero-order chi connectivity index (χ0) is 13.3. The Bertz CT molecular complexity index is 408. The number of benzene rings is 1. The Morgan fingerprint density at radius 3 is 2.29 bits per heavy atom. The predicted molar refractivity (Wildman–Crippen MR) is 56.3 cm³/mol. The number of methoxy groups -OCH3 is 1. The largest absolute Gasteiger partial charge is 0.507 e. The molecule has 0 unspecified atom stereocenters. The Hall–Kier alpha value is -0.820. The third kappa shape index (κ3) is 3.32. The number of thioether (sulfide) groups is 1. The van der Waals surface area contributed by atoms with Gasteiger partial charge in [-0.1, -0.05) is 0 Å². The summed E-state index contributed by atoms with van der Waals surface area (Å²) < 4.78 is 55.3. The molecule has 2 nitrogen and oxygen atoms in total. The molecule has 0 heterocycles. The maximum atomic E-state index is 12.9. The van der Waals surface area contributed by atoms with Gasteiger partial charge in [0.05, 0.1) is 12.0 Å². The minimum atomic E-state index is -4.70. The quantitative estimate of drug-likeness (QED) is 0.518. The van der Waals surface area contributed by atoms with Gasteiger partial charge in [0.2, 0.25) is 0 Å². The van der Waals surface area contributed by atoms with E-state index < -0.39 is 33.0 Å². The van der Waals surface area contributed by atoms with Crippen molar-refractivity contribution in [1.29, 1.82) is 0 Å². The van der Waals surface area contributed by atoms with Gasteiger partial charge in [-0.15, -0.1) is 0 Å². The van der Waals surface area contributed by atoms with Crippen molar-refractivity contribution in [3.05, 3.63) is 18.2 Å². The number of rotatable bonds is 4. The van der Waals surface area contributed by atoms with E-state index in [4.69, 9.17) is 4.74 Å². The molecule has 17 heavy (non-hydrogen) atoms. The summed E-state index contributed by atoms with van der Waals surface area (Å²) in [4.78, 5) is -0.420. The summed E-state index contributed by atoms with van der Waals surface area (Å²) in [6, 6.07) is 3.32.